The number of ether oxygens (including phenoxy) is 1. The fraction of sp³-hybridized carbons (Fsp3) is 0.455. The van der Waals surface area contributed by atoms with Crippen LogP contribution in [0.15, 0.2) is 36.5 Å². The third-order valence-electron chi connectivity index (χ3n) is 5.81. The molecule has 5 nitrogen and oxygen atoms in total. The molecule has 27 heavy (non-hydrogen) atoms. The Morgan fingerprint density at radius 3 is 2.85 bits per heavy atom. The molecule has 2 aromatic rings. The number of hydrogen-bond donors (Lipinski definition) is 2. The van der Waals surface area contributed by atoms with Gasteiger partial charge < -0.3 is 15.8 Å². The van der Waals surface area contributed by atoms with Gasteiger partial charge in [0, 0.05) is 24.3 Å². The number of rotatable bonds is 5. The lowest BCUT2D eigenvalue weighted by atomic mass is 9.86. The Labute approximate surface area is 160 Å². The molecule has 3 N–H and O–H groups in total. The predicted molar refractivity (Wildman–Crippen MR) is 105 cm³/mol. The van der Waals surface area contributed by atoms with Crippen LogP contribution in [0.5, 0.6) is 11.6 Å². The summed E-state index contributed by atoms with van der Waals surface area (Å²) in [4.78, 5) is 15.3. The SMILES string of the molecule is CC1CCCC(NC2CCc3cc(Oc4ccc(C(N)=O)cn4)ccc32)C1. The average Bonchev–Trinajstić information content (AvgIpc) is 3.04. The molecular formula is C22H27N3O2. The quantitative estimate of drug-likeness (QED) is 0.835. The van der Waals surface area contributed by atoms with Gasteiger partial charge >= 0.3 is 0 Å². The van der Waals surface area contributed by atoms with Crippen molar-refractivity contribution in [3.63, 3.8) is 0 Å². The second kappa shape index (κ2) is 7.69. The number of carbonyl (C=O) groups is 1. The molecule has 0 bridgehead atoms. The molecule has 0 radical (unpaired) electrons. The normalized spacial score (nSPS) is 24.4. The van der Waals surface area contributed by atoms with Gasteiger partial charge in [0.05, 0.1) is 5.56 Å². The molecule has 0 saturated heterocycles. The number of benzene rings is 1. The fourth-order valence-electron chi connectivity index (χ4n) is 4.41. The van der Waals surface area contributed by atoms with Crippen molar-refractivity contribution >= 4 is 5.91 Å². The van der Waals surface area contributed by atoms with Crippen LogP contribution in [0.4, 0.5) is 0 Å². The second-order valence-electron chi connectivity index (χ2n) is 7.94. The van der Waals surface area contributed by atoms with Gasteiger partial charge in [0.1, 0.15) is 5.75 Å². The molecule has 1 aromatic carbocycles. The van der Waals surface area contributed by atoms with Gasteiger partial charge in [0.2, 0.25) is 11.8 Å². The molecule has 1 fully saturated rings. The Balaban J connectivity index is 1.42. The maximum Gasteiger partial charge on any atom is 0.250 e. The summed E-state index contributed by atoms with van der Waals surface area (Å²) in [5.74, 6) is 1.59. The zero-order valence-electron chi connectivity index (χ0n) is 15.8. The van der Waals surface area contributed by atoms with Crippen molar-refractivity contribution in [2.24, 2.45) is 11.7 Å². The highest BCUT2D eigenvalue weighted by Crippen LogP contribution is 2.36. The zero-order valence-corrected chi connectivity index (χ0v) is 15.8. The molecule has 3 unspecified atom stereocenters. The van der Waals surface area contributed by atoms with Crippen molar-refractivity contribution < 1.29 is 9.53 Å². The first kappa shape index (κ1) is 18.0. The lowest BCUT2D eigenvalue weighted by Gasteiger charge is -2.30. The molecule has 1 saturated carbocycles. The standard InChI is InChI=1S/C22H27N3O2/c1-14-3-2-4-17(11-14)25-20-9-5-15-12-18(7-8-19(15)20)27-21-10-6-16(13-24-21)22(23)26/h6-8,10,12-14,17,20,25H,2-5,9,11H2,1H3,(H2,23,26). The van der Waals surface area contributed by atoms with E-state index >= 15 is 0 Å². The van der Waals surface area contributed by atoms with E-state index in [-0.39, 0.29) is 0 Å². The number of primary amides is 1. The summed E-state index contributed by atoms with van der Waals surface area (Å²) in [5.41, 5.74) is 8.37. The van der Waals surface area contributed by atoms with Crippen LogP contribution in [0.1, 0.15) is 66.6 Å². The first-order chi connectivity index (χ1) is 13.1. The van der Waals surface area contributed by atoms with Crippen molar-refractivity contribution in [3.05, 3.63) is 53.2 Å². The maximum absolute atomic E-state index is 11.1. The zero-order chi connectivity index (χ0) is 18.8. The average molecular weight is 365 g/mol. The minimum atomic E-state index is -0.488. The van der Waals surface area contributed by atoms with E-state index in [9.17, 15) is 4.79 Å². The van der Waals surface area contributed by atoms with Crippen LogP contribution < -0.4 is 15.8 Å². The molecular weight excluding hydrogens is 338 g/mol. The van der Waals surface area contributed by atoms with Gasteiger partial charge in [0.15, 0.2) is 0 Å². The number of pyridine rings is 1. The highest BCUT2D eigenvalue weighted by Gasteiger charge is 2.27. The summed E-state index contributed by atoms with van der Waals surface area (Å²) in [6.45, 7) is 2.37. The van der Waals surface area contributed by atoms with Gasteiger partial charge in [-0.3, -0.25) is 4.79 Å². The molecule has 2 aliphatic rings. The molecule has 4 rings (SSSR count). The highest BCUT2D eigenvalue weighted by molar-refractivity contribution is 5.92. The summed E-state index contributed by atoms with van der Waals surface area (Å²) >= 11 is 0. The predicted octanol–water partition coefficient (Wildman–Crippen LogP) is 4.13. The van der Waals surface area contributed by atoms with Crippen LogP contribution in [0.3, 0.4) is 0 Å². The van der Waals surface area contributed by atoms with Gasteiger partial charge in [0.25, 0.3) is 0 Å². The van der Waals surface area contributed by atoms with Crippen LogP contribution in [0.2, 0.25) is 0 Å². The Morgan fingerprint density at radius 1 is 1.22 bits per heavy atom. The van der Waals surface area contributed by atoms with Crippen LogP contribution in [0.25, 0.3) is 0 Å². The van der Waals surface area contributed by atoms with E-state index in [2.05, 4.69) is 29.4 Å². The van der Waals surface area contributed by atoms with Gasteiger partial charge in [-0.15, -0.1) is 0 Å². The minimum Gasteiger partial charge on any atom is -0.439 e. The van der Waals surface area contributed by atoms with Gasteiger partial charge in [-0.1, -0.05) is 25.8 Å². The summed E-state index contributed by atoms with van der Waals surface area (Å²) in [7, 11) is 0. The molecule has 0 aliphatic heterocycles. The van der Waals surface area contributed by atoms with Crippen molar-refractivity contribution in [2.45, 2.75) is 57.5 Å². The number of nitrogens with two attached hydrogens (primary N) is 1. The van der Waals surface area contributed by atoms with Crippen molar-refractivity contribution in [3.8, 4) is 11.6 Å². The van der Waals surface area contributed by atoms with Crippen LogP contribution in [0, 0.1) is 5.92 Å². The molecule has 1 heterocycles. The molecule has 5 heteroatoms. The lowest BCUT2D eigenvalue weighted by Crippen LogP contribution is -2.35. The molecule has 1 aromatic heterocycles. The number of amides is 1. The topological polar surface area (TPSA) is 77.2 Å². The van der Waals surface area contributed by atoms with Gasteiger partial charge in [-0.25, -0.2) is 4.98 Å². The molecule has 0 spiro atoms. The number of aromatic nitrogens is 1. The highest BCUT2D eigenvalue weighted by atomic mass is 16.5. The first-order valence-electron chi connectivity index (χ1n) is 9.91. The van der Waals surface area contributed by atoms with E-state index in [0.29, 0.717) is 23.5 Å². The Hall–Kier alpha value is -2.40. The Morgan fingerprint density at radius 2 is 2.11 bits per heavy atom. The largest absolute Gasteiger partial charge is 0.439 e. The van der Waals surface area contributed by atoms with Gasteiger partial charge in [-0.2, -0.15) is 0 Å². The second-order valence-corrected chi connectivity index (χ2v) is 7.94. The van der Waals surface area contributed by atoms with Crippen LogP contribution in [-0.4, -0.2) is 16.9 Å². The van der Waals surface area contributed by atoms with Crippen molar-refractivity contribution in [1.82, 2.24) is 10.3 Å². The molecule has 142 valence electrons. The molecule has 3 atom stereocenters. The van der Waals surface area contributed by atoms with Crippen LogP contribution in [-0.2, 0) is 6.42 Å². The summed E-state index contributed by atoms with van der Waals surface area (Å²) in [6, 6.07) is 10.7. The lowest BCUT2D eigenvalue weighted by molar-refractivity contribution is 0.1000. The fourth-order valence-corrected chi connectivity index (χ4v) is 4.41. The van der Waals surface area contributed by atoms with Crippen molar-refractivity contribution in [1.29, 1.82) is 0 Å². The first-order valence-corrected chi connectivity index (χ1v) is 9.91. The summed E-state index contributed by atoms with van der Waals surface area (Å²) < 4.78 is 5.85. The van der Waals surface area contributed by atoms with Gasteiger partial charge in [-0.05, 0) is 60.9 Å². The number of nitrogens with one attached hydrogen (secondary N) is 1. The number of nitrogens with zero attached hydrogens (tertiary/aromatic N) is 1. The van der Waals surface area contributed by atoms with E-state index in [1.165, 1.54) is 43.0 Å². The summed E-state index contributed by atoms with van der Waals surface area (Å²) in [5, 5.41) is 3.89. The molecule has 1 amide bonds. The monoisotopic (exact) mass is 365 g/mol. The third kappa shape index (κ3) is 4.14. The number of fused-ring (bicyclic) bond motifs is 1. The van der Waals surface area contributed by atoms with E-state index in [4.69, 9.17) is 10.5 Å². The Bertz CT molecular complexity index is 819. The van der Waals surface area contributed by atoms with E-state index in [1.807, 2.05) is 6.07 Å². The number of hydrogen-bond acceptors (Lipinski definition) is 4. The minimum absolute atomic E-state index is 0.377. The third-order valence-corrected chi connectivity index (χ3v) is 5.81. The molecule has 2 aliphatic carbocycles. The van der Waals surface area contributed by atoms with Crippen molar-refractivity contribution in [2.75, 3.05) is 0 Å². The summed E-state index contributed by atoms with van der Waals surface area (Å²) in [6.07, 6.45) is 8.96. The van der Waals surface area contributed by atoms with Crippen LogP contribution >= 0.6 is 0 Å². The number of aryl methyl sites for hydroxylation is 1. The van der Waals surface area contributed by atoms with E-state index in [0.717, 1.165) is 24.5 Å². The van der Waals surface area contributed by atoms with E-state index < -0.39 is 5.91 Å². The smallest absolute Gasteiger partial charge is 0.250 e. The van der Waals surface area contributed by atoms with E-state index in [1.54, 1.807) is 12.1 Å². The maximum atomic E-state index is 11.1. The Kier molecular flexibility index (Phi) is 5.12. The number of carbonyl (C=O) groups excluding carboxylic acids is 1.